The molecule has 0 fully saturated rings. The highest BCUT2D eigenvalue weighted by atomic mass is 32.2. The van der Waals surface area contributed by atoms with Crippen LogP contribution in [0.4, 0.5) is 0 Å². The van der Waals surface area contributed by atoms with Crippen LogP contribution in [0.3, 0.4) is 0 Å². The Morgan fingerprint density at radius 2 is 1.72 bits per heavy atom. The van der Waals surface area contributed by atoms with Gasteiger partial charge < -0.3 is 5.11 Å². The Labute approximate surface area is 169 Å². The Hall–Kier alpha value is -3.04. The molecule has 0 spiro atoms. The number of carbonyl (C=O) groups is 2. The average Bonchev–Trinajstić information content (AvgIpc) is 2.60. The molecule has 8 nitrogen and oxygen atoms in total. The summed E-state index contributed by atoms with van der Waals surface area (Å²) in [7, 11) is -2.55. The molecule has 0 aliphatic carbocycles. The number of sulfonamides is 1. The fourth-order valence-corrected chi connectivity index (χ4v) is 4.56. The van der Waals surface area contributed by atoms with Gasteiger partial charge in [-0.1, -0.05) is 35.9 Å². The van der Waals surface area contributed by atoms with E-state index in [4.69, 9.17) is 5.11 Å². The second-order valence-electron chi connectivity index (χ2n) is 6.67. The number of carbonyl (C=O) groups excluding carboxylic acids is 1. The first-order valence-corrected chi connectivity index (χ1v) is 10.2. The molecule has 0 aliphatic heterocycles. The molecule has 154 valence electrons. The molecule has 0 aromatic heterocycles. The number of hydrogen-bond acceptors (Lipinski definition) is 5. The molecule has 0 bridgehead atoms. The number of likely N-dealkylation sites (N-methyl/N-ethyl adjacent to an activating group) is 1. The van der Waals surface area contributed by atoms with E-state index in [1.165, 1.54) is 19.3 Å². The monoisotopic (exact) mass is 417 g/mol. The summed E-state index contributed by atoms with van der Waals surface area (Å²) in [6.45, 7) is 4.87. The molecular weight excluding hydrogens is 394 g/mol. The normalized spacial score (nSPS) is 11.8. The molecule has 0 heterocycles. The highest BCUT2D eigenvalue weighted by Gasteiger charge is 2.26. The quantitative estimate of drug-likeness (QED) is 0.529. The third-order valence-corrected chi connectivity index (χ3v) is 6.33. The Balaban J connectivity index is 2.10. The zero-order chi connectivity index (χ0) is 21.8. The van der Waals surface area contributed by atoms with Crippen LogP contribution in [0.1, 0.15) is 32.6 Å². The number of aryl methyl sites for hydroxylation is 3. The number of benzene rings is 2. The van der Waals surface area contributed by atoms with Crippen molar-refractivity contribution in [3.8, 4) is 0 Å². The van der Waals surface area contributed by atoms with E-state index >= 15 is 0 Å². The summed E-state index contributed by atoms with van der Waals surface area (Å²) in [5.74, 6) is -1.77. The summed E-state index contributed by atoms with van der Waals surface area (Å²) in [4.78, 5) is 23.5. The number of amides is 1. The van der Waals surface area contributed by atoms with Crippen LogP contribution in [0.2, 0.25) is 0 Å². The summed E-state index contributed by atoms with van der Waals surface area (Å²) >= 11 is 0. The van der Waals surface area contributed by atoms with Crippen molar-refractivity contribution in [1.82, 2.24) is 9.73 Å². The summed E-state index contributed by atoms with van der Waals surface area (Å²) in [5, 5.41) is 12.9. The van der Waals surface area contributed by atoms with Gasteiger partial charge in [0.05, 0.1) is 23.2 Å². The van der Waals surface area contributed by atoms with Gasteiger partial charge in [0.2, 0.25) is 10.0 Å². The summed E-state index contributed by atoms with van der Waals surface area (Å²) < 4.78 is 26.7. The maximum absolute atomic E-state index is 12.9. The maximum atomic E-state index is 12.9. The van der Waals surface area contributed by atoms with Crippen LogP contribution in [0, 0.1) is 20.8 Å². The van der Waals surface area contributed by atoms with Crippen molar-refractivity contribution in [3.05, 3.63) is 64.2 Å². The SMILES string of the molecule is Cc1cc(C)c(S(=O)(=O)N(C)CC(=O)N/N=C\c2ccccc2C(=O)O)c(C)c1. The van der Waals surface area contributed by atoms with Gasteiger partial charge in [0.25, 0.3) is 5.91 Å². The first kappa shape index (κ1) is 22.3. The topological polar surface area (TPSA) is 116 Å². The van der Waals surface area contributed by atoms with Crippen LogP contribution in [-0.4, -0.2) is 49.5 Å². The van der Waals surface area contributed by atoms with Gasteiger partial charge in [0.15, 0.2) is 0 Å². The van der Waals surface area contributed by atoms with Crippen molar-refractivity contribution >= 4 is 28.1 Å². The highest BCUT2D eigenvalue weighted by molar-refractivity contribution is 7.89. The number of rotatable bonds is 7. The fraction of sp³-hybridized carbons (Fsp3) is 0.250. The molecule has 2 N–H and O–H groups in total. The van der Waals surface area contributed by atoms with Crippen LogP contribution < -0.4 is 5.43 Å². The molecule has 29 heavy (non-hydrogen) atoms. The van der Waals surface area contributed by atoms with Crippen molar-refractivity contribution < 1.29 is 23.1 Å². The molecule has 2 aromatic carbocycles. The maximum Gasteiger partial charge on any atom is 0.336 e. The Morgan fingerprint density at radius 3 is 2.31 bits per heavy atom. The molecule has 0 unspecified atom stereocenters. The van der Waals surface area contributed by atoms with E-state index in [9.17, 15) is 18.0 Å². The van der Waals surface area contributed by atoms with Crippen molar-refractivity contribution in [2.24, 2.45) is 5.10 Å². The number of nitrogens with one attached hydrogen (secondary N) is 1. The number of aromatic carboxylic acids is 1. The van der Waals surface area contributed by atoms with Crippen molar-refractivity contribution in [2.75, 3.05) is 13.6 Å². The van der Waals surface area contributed by atoms with Crippen LogP contribution in [-0.2, 0) is 14.8 Å². The number of hydrazone groups is 1. The third-order valence-electron chi connectivity index (χ3n) is 4.22. The Morgan fingerprint density at radius 1 is 1.14 bits per heavy atom. The minimum atomic E-state index is -3.86. The van der Waals surface area contributed by atoms with E-state index in [-0.39, 0.29) is 10.5 Å². The lowest BCUT2D eigenvalue weighted by molar-refractivity contribution is -0.121. The van der Waals surface area contributed by atoms with E-state index in [0.29, 0.717) is 16.7 Å². The van der Waals surface area contributed by atoms with Crippen LogP contribution in [0.25, 0.3) is 0 Å². The molecule has 0 aliphatic rings. The van der Waals surface area contributed by atoms with Gasteiger partial charge in [0.1, 0.15) is 0 Å². The lowest BCUT2D eigenvalue weighted by atomic mass is 10.1. The highest BCUT2D eigenvalue weighted by Crippen LogP contribution is 2.24. The lowest BCUT2D eigenvalue weighted by Gasteiger charge is -2.19. The molecule has 1 amide bonds. The minimum absolute atomic E-state index is 0.0375. The van der Waals surface area contributed by atoms with E-state index < -0.39 is 28.4 Å². The first-order chi connectivity index (χ1) is 13.5. The smallest absolute Gasteiger partial charge is 0.336 e. The van der Waals surface area contributed by atoms with Crippen LogP contribution >= 0.6 is 0 Å². The van der Waals surface area contributed by atoms with E-state index in [1.807, 2.05) is 6.92 Å². The Bertz CT molecular complexity index is 1050. The summed E-state index contributed by atoms with van der Waals surface area (Å²) in [5.41, 5.74) is 4.74. The van der Waals surface area contributed by atoms with Crippen LogP contribution in [0.15, 0.2) is 46.4 Å². The second-order valence-corrected chi connectivity index (χ2v) is 8.66. The van der Waals surface area contributed by atoms with Gasteiger partial charge in [-0.3, -0.25) is 4.79 Å². The van der Waals surface area contributed by atoms with Crippen LogP contribution in [0.5, 0.6) is 0 Å². The second kappa shape index (κ2) is 8.97. The van der Waals surface area contributed by atoms with Gasteiger partial charge in [0, 0.05) is 12.6 Å². The van der Waals surface area contributed by atoms with E-state index in [1.54, 1.807) is 44.2 Å². The zero-order valence-corrected chi connectivity index (χ0v) is 17.4. The predicted octanol–water partition coefficient (Wildman–Crippen LogP) is 2.08. The van der Waals surface area contributed by atoms with E-state index in [2.05, 4.69) is 10.5 Å². The van der Waals surface area contributed by atoms with Crippen molar-refractivity contribution in [1.29, 1.82) is 0 Å². The lowest BCUT2D eigenvalue weighted by Crippen LogP contribution is -2.37. The minimum Gasteiger partial charge on any atom is -0.478 e. The molecule has 0 saturated heterocycles. The standard InChI is InChI=1S/C20H23N3O5S/c1-13-9-14(2)19(15(3)10-13)29(27,28)23(4)12-18(24)22-21-11-16-7-5-6-8-17(16)20(25)26/h5-11H,12H2,1-4H3,(H,22,24)(H,25,26)/b21-11-. The number of carboxylic acids is 1. The van der Waals surface area contributed by atoms with Gasteiger partial charge in [-0.15, -0.1) is 0 Å². The predicted molar refractivity (Wildman–Crippen MR) is 110 cm³/mol. The fourth-order valence-electron chi connectivity index (χ4n) is 3.03. The number of hydrogen-bond donors (Lipinski definition) is 2. The molecule has 0 atom stereocenters. The number of carboxylic acid groups (broad SMARTS) is 1. The molecule has 2 aromatic rings. The summed E-state index contributed by atoms with van der Waals surface area (Å²) in [6.07, 6.45) is 1.20. The van der Waals surface area contributed by atoms with Crippen molar-refractivity contribution in [2.45, 2.75) is 25.7 Å². The zero-order valence-electron chi connectivity index (χ0n) is 16.6. The van der Waals surface area contributed by atoms with Crippen molar-refractivity contribution in [3.63, 3.8) is 0 Å². The van der Waals surface area contributed by atoms with Gasteiger partial charge in [-0.05, 0) is 38.0 Å². The average molecular weight is 417 g/mol. The molecule has 9 heteroatoms. The number of nitrogens with zero attached hydrogens (tertiary/aromatic N) is 2. The molecule has 2 rings (SSSR count). The third kappa shape index (κ3) is 5.27. The first-order valence-electron chi connectivity index (χ1n) is 8.72. The Kier molecular flexibility index (Phi) is 6.89. The van der Waals surface area contributed by atoms with Gasteiger partial charge >= 0.3 is 5.97 Å². The molecular formula is C20H23N3O5S. The van der Waals surface area contributed by atoms with Gasteiger partial charge in [-0.2, -0.15) is 9.41 Å². The van der Waals surface area contributed by atoms with E-state index in [0.717, 1.165) is 9.87 Å². The molecule has 0 saturated carbocycles. The molecule has 0 radical (unpaired) electrons. The van der Waals surface area contributed by atoms with Gasteiger partial charge in [-0.25, -0.2) is 18.6 Å². The largest absolute Gasteiger partial charge is 0.478 e. The summed E-state index contributed by atoms with van der Waals surface area (Å²) in [6, 6.07) is 9.73.